The molecule has 1 fully saturated rings. The SMILES string of the molecule is CC1(c2cccc(OS(C)(=O)=O)c2)OCCO1.[Na]. The molecular formula is C11H14NaO5S. The number of hydrogen-bond donors (Lipinski definition) is 0. The molecule has 18 heavy (non-hydrogen) atoms. The fourth-order valence-corrected chi connectivity index (χ4v) is 2.14. The van der Waals surface area contributed by atoms with Crippen LogP contribution in [0.15, 0.2) is 24.3 Å². The maximum Gasteiger partial charge on any atom is 0.306 e. The zero-order valence-electron chi connectivity index (χ0n) is 10.7. The van der Waals surface area contributed by atoms with Gasteiger partial charge in [-0.15, -0.1) is 0 Å². The summed E-state index contributed by atoms with van der Waals surface area (Å²) in [6, 6.07) is 6.68. The first-order chi connectivity index (χ1) is 7.89. The Morgan fingerprint density at radius 3 is 2.44 bits per heavy atom. The van der Waals surface area contributed by atoms with Crippen molar-refractivity contribution >= 4 is 39.7 Å². The van der Waals surface area contributed by atoms with Crippen molar-refractivity contribution in [1.29, 1.82) is 0 Å². The van der Waals surface area contributed by atoms with Gasteiger partial charge < -0.3 is 13.7 Å². The number of hydrogen-bond acceptors (Lipinski definition) is 5. The topological polar surface area (TPSA) is 61.8 Å². The Balaban J connectivity index is 0.00000162. The van der Waals surface area contributed by atoms with Crippen molar-refractivity contribution in [2.24, 2.45) is 0 Å². The summed E-state index contributed by atoms with van der Waals surface area (Å²) in [5, 5.41) is 0. The Hall–Kier alpha value is -0.110. The molecule has 1 saturated heterocycles. The van der Waals surface area contributed by atoms with Crippen LogP contribution >= 0.6 is 0 Å². The van der Waals surface area contributed by atoms with Crippen LogP contribution in [0.25, 0.3) is 0 Å². The molecule has 0 atom stereocenters. The Morgan fingerprint density at radius 2 is 1.89 bits per heavy atom. The summed E-state index contributed by atoms with van der Waals surface area (Å²) >= 11 is 0. The van der Waals surface area contributed by atoms with Crippen LogP contribution in [0.5, 0.6) is 5.75 Å². The van der Waals surface area contributed by atoms with Gasteiger partial charge >= 0.3 is 10.1 Å². The van der Waals surface area contributed by atoms with Gasteiger partial charge in [-0.3, -0.25) is 0 Å². The van der Waals surface area contributed by atoms with Gasteiger partial charge in [-0.2, -0.15) is 8.42 Å². The Bertz CT molecular complexity index is 508. The van der Waals surface area contributed by atoms with Crippen LogP contribution in [0, 0.1) is 0 Å². The predicted octanol–water partition coefficient (Wildman–Crippen LogP) is 0.864. The molecule has 0 aromatic heterocycles. The molecule has 0 saturated carbocycles. The van der Waals surface area contributed by atoms with E-state index in [-0.39, 0.29) is 35.3 Å². The van der Waals surface area contributed by atoms with E-state index in [1.54, 1.807) is 31.2 Å². The van der Waals surface area contributed by atoms with Crippen molar-refractivity contribution in [3.63, 3.8) is 0 Å². The van der Waals surface area contributed by atoms with Crippen molar-refractivity contribution < 1.29 is 22.1 Å². The molecule has 0 amide bonds. The molecule has 1 heterocycles. The second-order valence-corrected chi connectivity index (χ2v) is 5.53. The average molecular weight is 281 g/mol. The maximum atomic E-state index is 11.0. The zero-order valence-corrected chi connectivity index (χ0v) is 13.5. The first-order valence-corrected chi connectivity index (χ1v) is 6.99. The summed E-state index contributed by atoms with van der Waals surface area (Å²) in [4.78, 5) is 0. The Morgan fingerprint density at radius 1 is 1.28 bits per heavy atom. The molecule has 5 nitrogen and oxygen atoms in total. The third kappa shape index (κ3) is 3.94. The van der Waals surface area contributed by atoms with Crippen molar-refractivity contribution in [2.75, 3.05) is 19.5 Å². The van der Waals surface area contributed by atoms with Gasteiger partial charge in [0.05, 0.1) is 19.5 Å². The summed E-state index contributed by atoms with van der Waals surface area (Å²) in [7, 11) is -3.52. The Kier molecular flexibility index (Phi) is 5.22. The van der Waals surface area contributed by atoms with Gasteiger partial charge in [0.2, 0.25) is 0 Å². The first kappa shape index (κ1) is 15.9. The van der Waals surface area contributed by atoms with E-state index in [1.165, 1.54) is 0 Å². The maximum absolute atomic E-state index is 11.0. The minimum atomic E-state index is -3.52. The molecule has 7 heteroatoms. The third-order valence-corrected chi connectivity index (χ3v) is 2.94. The van der Waals surface area contributed by atoms with E-state index >= 15 is 0 Å². The summed E-state index contributed by atoms with van der Waals surface area (Å²) in [5.74, 6) is -0.568. The quantitative estimate of drug-likeness (QED) is 0.607. The van der Waals surface area contributed by atoms with Crippen molar-refractivity contribution in [3.8, 4) is 5.75 Å². The van der Waals surface area contributed by atoms with Crippen molar-refractivity contribution in [3.05, 3.63) is 29.8 Å². The molecule has 2 rings (SSSR count). The molecule has 0 aliphatic carbocycles. The molecule has 0 bridgehead atoms. The number of ether oxygens (including phenoxy) is 2. The van der Waals surface area contributed by atoms with Crippen LogP contribution in [-0.4, -0.2) is 57.4 Å². The van der Waals surface area contributed by atoms with Gasteiger partial charge in [-0.25, -0.2) is 0 Å². The molecule has 1 aliphatic rings. The normalized spacial score (nSPS) is 18.1. The largest absolute Gasteiger partial charge is 0.383 e. The van der Waals surface area contributed by atoms with Gasteiger partial charge in [0, 0.05) is 35.1 Å². The smallest absolute Gasteiger partial charge is 0.306 e. The number of rotatable bonds is 3. The van der Waals surface area contributed by atoms with Crippen LogP contribution in [0.3, 0.4) is 0 Å². The minimum Gasteiger partial charge on any atom is -0.383 e. The van der Waals surface area contributed by atoms with Crippen LogP contribution in [-0.2, 0) is 25.4 Å². The van der Waals surface area contributed by atoms with E-state index in [1.807, 2.05) is 0 Å². The molecule has 1 radical (unpaired) electrons. The van der Waals surface area contributed by atoms with Gasteiger partial charge in [0.15, 0.2) is 5.79 Å². The fourth-order valence-electron chi connectivity index (χ4n) is 1.69. The van der Waals surface area contributed by atoms with Crippen LogP contribution < -0.4 is 4.18 Å². The average Bonchev–Trinajstić information content (AvgIpc) is 2.64. The summed E-state index contributed by atoms with van der Waals surface area (Å²) in [6.07, 6.45) is 1.00. The minimum absolute atomic E-state index is 0. The summed E-state index contributed by atoms with van der Waals surface area (Å²) in [5.41, 5.74) is 0.733. The molecule has 95 valence electrons. The standard InChI is InChI=1S/C11H14O5S.Na/c1-11(14-6-7-15-11)9-4-3-5-10(8-9)16-17(2,12)13;/h3-5,8H,6-7H2,1-2H3;. The zero-order chi connectivity index (χ0) is 12.5. The molecule has 0 unspecified atom stereocenters. The third-order valence-electron chi connectivity index (χ3n) is 2.44. The molecule has 0 spiro atoms. The molecule has 1 aromatic rings. The molecular weight excluding hydrogens is 267 g/mol. The van der Waals surface area contributed by atoms with Gasteiger partial charge in [0.25, 0.3) is 0 Å². The number of benzene rings is 1. The van der Waals surface area contributed by atoms with Crippen LogP contribution in [0.4, 0.5) is 0 Å². The van der Waals surface area contributed by atoms with E-state index < -0.39 is 15.9 Å². The van der Waals surface area contributed by atoms with Crippen molar-refractivity contribution in [2.45, 2.75) is 12.7 Å². The second kappa shape index (κ2) is 5.90. The second-order valence-electron chi connectivity index (χ2n) is 3.96. The van der Waals surface area contributed by atoms with E-state index in [0.29, 0.717) is 13.2 Å². The molecule has 0 N–H and O–H groups in total. The first-order valence-electron chi connectivity index (χ1n) is 5.17. The van der Waals surface area contributed by atoms with E-state index in [4.69, 9.17) is 13.7 Å². The van der Waals surface area contributed by atoms with Gasteiger partial charge in [-0.1, -0.05) is 12.1 Å². The van der Waals surface area contributed by atoms with E-state index in [0.717, 1.165) is 11.8 Å². The monoisotopic (exact) mass is 281 g/mol. The predicted molar refractivity (Wildman–Crippen MR) is 66.9 cm³/mol. The fraction of sp³-hybridized carbons (Fsp3) is 0.455. The van der Waals surface area contributed by atoms with E-state index in [2.05, 4.69) is 0 Å². The van der Waals surface area contributed by atoms with Crippen molar-refractivity contribution in [1.82, 2.24) is 0 Å². The van der Waals surface area contributed by atoms with Crippen LogP contribution in [0.2, 0.25) is 0 Å². The van der Waals surface area contributed by atoms with Crippen LogP contribution in [0.1, 0.15) is 12.5 Å². The summed E-state index contributed by atoms with van der Waals surface area (Å²) in [6.45, 7) is 2.83. The van der Waals surface area contributed by atoms with E-state index in [9.17, 15) is 8.42 Å². The Labute approximate surface area is 129 Å². The van der Waals surface area contributed by atoms with Gasteiger partial charge in [0.1, 0.15) is 5.75 Å². The summed E-state index contributed by atoms with van der Waals surface area (Å²) < 4.78 is 37.8. The van der Waals surface area contributed by atoms with Gasteiger partial charge in [-0.05, 0) is 19.1 Å². The molecule has 1 aromatic carbocycles. The molecule has 1 aliphatic heterocycles.